The van der Waals surface area contributed by atoms with Crippen LogP contribution in [0.1, 0.15) is 5.56 Å². The quantitative estimate of drug-likeness (QED) is 0.445. The molecule has 0 bridgehead atoms. The second-order valence-electron chi connectivity index (χ2n) is 5.63. The fraction of sp³-hybridized carbons (Fsp3) is 0.467. The summed E-state index contributed by atoms with van der Waals surface area (Å²) in [7, 11) is 0. The van der Waals surface area contributed by atoms with E-state index in [1.807, 2.05) is 0 Å². The molecule has 0 aromatic heterocycles. The monoisotopic (exact) mass is 339 g/mol. The van der Waals surface area contributed by atoms with E-state index in [-0.39, 0.29) is 5.56 Å². The van der Waals surface area contributed by atoms with Crippen LogP contribution >= 0.6 is 0 Å². The van der Waals surface area contributed by atoms with Crippen molar-refractivity contribution in [3.8, 4) is 0 Å². The Morgan fingerprint density at radius 2 is 1.92 bits per heavy atom. The molecular formula is C15H17NO8. The standard InChI is InChI=1S/C15H17NO8/c17-5-9-10(18)11(19)12(20)13(23-9)24-15(14(21)22)6-16-8-4-2-1-3-7(8)15/h1-4,6,9-13,17-20H,5H2,(H,21,22)/t9-,10-,11+,12-,13?,15?/m1/s1. The number of aliphatic hydroxyl groups excluding tert-OH is 4. The van der Waals surface area contributed by atoms with Gasteiger partial charge in [-0.2, -0.15) is 0 Å². The third kappa shape index (κ3) is 2.51. The highest BCUT2D eigenvalue weighted by Crippen LogP contribution is 2.40. The zero-order chi connectivity index (χ0) is 17.5. The molecule has 0 saturated carbocycles. The van der Waals surface area contributed by atoms with Gasteiger partial charge >= 0.3 is 5.97 Å². The van der Waals surface area contributed by atoms with Gasteiger partial charge in [0.2, 0.25) is 5.60 Å². The van der Waals surface area contributed by atoms with Crippen LogP contribution in [0.5, 0.6) is 0 Å². The van der Waals surface area contributed by atoms with Gasteiger partial charge in [0.1, 0.15) is 24.4 Å². The number of carboxylic acid groups (broad SMARTS) is 1. The highest BCUT2D eigenvalue weighted by atomic mass is 16.7. The van der Waals surface area contributed by atoms with E-state index in [0.717, 1.165) is 6.21 Å². The first-order valence-electron chi connectivity index (χ1n) is 7.27. The molecule has 9 heteroatoms. The zero-order valence-electron chi connectivity index (χ0n) is 12.4. The topological polar surface area (TPSA) is 149 Å². The highest BCUT2D eigenvalue weighted by molar-refractivity contribution is 6.04. The van der Waals surface area contributed by atoms with Gasteiger partial charge in [0.25, 0.3) is 0 Å². The van der Waals surface area contributed by atoms with Crippen LogP contribution in [0.2, 0.25) is 0 Å². The van der Waals surface area contributed by atoms with E-state index < -0.39 is 48.9 Å². The lowest BCUT2D eigenvalue weighted by Gasteiger charge is -2.41. The SMILES string of the molecule is O=C(O)C1(OC2O[C@H](CO)[C@@H](O)[C@H](O)[C@H]2O)C=Nc2ccccc21. The van der Waals surface area contributed by atoms with Gasteiger partial charge in [-0.25, -0.2) is 4.79 Å². The van der Waals surface area contributed by atoms with Crippen molar-refractivity contribution in [1.82, 2.24) is 0 Å². The number of ether oxygens (including phenoxy) is 2. The van der Waals surface area contributed by atoms with Gasteiger partial charge in [0.05, 0.1) is 18.5 Å². The third-order valence-corrected chi connectivity index (χ3v) is 4.16. The van der Waals surface area contributed by atoms with Crippen molar-refractivity contribution in [2.45, 2.75) is 36.3 Å². The van der Waals surface area contributed by atoms with Gasteiger partial charge in [0.15, 0.2) is 6.29 Å². The van der Waals surface area contributed by atoms with Crippen LogP contribution in [0.4, 0.5) is 5.69 Å². The van der Waals surface area contributed by atoms with Crippen molar-refractivity contribution in [2.75, 3.05) is 6.61 Å². The summed E-state index contributed by atoms with van der Waals surface area (Å²) in [5.41, 5.74) is -1.37. The second-order valence-corrected chi connectivity index (χ2v) is 5.63. The average molecular weight is 339 g/mol. The molecule has 1 fully saturated rings. The van der Waals surface area contributed by atoms with Gasteiger partial charge in [0, 0.05) is 5.56 Å². The van der Waals surface area contributed by atoms with Crippen LogP contribution in [-0.2, 0) is 19.9 Å². The molecule has 1 saturated heterocycles. The molecule has 0 amide bonds. The molecule has 3 rings (SSSR count). The molecule has 0 aliphatic carbocycles. The van der Waals surface area contributed by atoms with E-state index in [4.69, 9.17) is 9.47 Å². The number of para-hydroxylation sites is 1. The number of aliphatic hydroxyl groups is 4. The molecule has 2 aliphatic heterocycles. The minimum atomic E-state index is -2.01. The van der Waals surface area contributed by atoms with E-state index in [9.17, 15) is 30.3 Å². The number of nitrogens with zero attached hydrogens (tertiary/aromatic N) is 1. The number of benzene rings is 1. The van der Waals surface area contributed by atoms with Gasteiger partial charge < -0.3 is 35.0 Å². The average Bonchev–Trinajstić information content (AvgIpc) is 2.95. The first-order valence-corrected chi connectivity index (χ1v) is 7.27. The molecule has 6 atom stereocenters. The van der Waals surface area contributed by atoms with Crippen LogP contribution in [0.25, 0.3) is 0 Å². The number of carbonyl (C=O) groups is 1. The largest absolute Gasteiger partial charge is 0.479 e. The molecule has 2 aliphatic rings. The lowest BCUT2D eigenvalue weighted by atomic mass is 9.94. The summed E-state index contributed by atoms with van der Waals surface area (Å²) in [5.74, 6) is -1.38. The number of aliphatic carboxylic acids is 1. The molecular weight excluding hydrogens is 322 g/mol. The Kier molecular flexibility index (Phi) is 4.38. The Bertz CT molecular complexity index is 663. The van der Waals surface area contributed by atoms with E-state index in [1.54, 1.807) is 18.2 Å². The lowest BCUT2D eigenvalue weighted by molar-refractivity contribution is -0.317. The summed E-state index contributed by atoms with van der Waals surface area (Å²) >= 11 is 0. The van der Waals surface area contributed by atoms with E-state index in [2.05, 4.69) is 4.99 Å². The van der Waals surface area contributed by atoms with Crippen LogP contribution < -0.4 is 0 Å². The predicted octanol–water partition coefficient (Wildman–Crippen LogP) is -1.50. The molecule has 0 spiro atoms. The van der Waals surface area contributed by atoms with Gasteiger partial charge in [-0.1, -0.05) is 18.2 Å². The van der Waals surface area contributed by atoms with Crippen LogP contribution in [0, 0.1) is 0 Å². The van der Waals surface area contributed by atoms with Gasteiger partial charge in [-0.3, -0.25) is 4.99 Å². The summed E-state index contributed by atoms with van der Waals surface area (Å²) in [5, 5.41) is 48.5. The highest BCUT2D eigenvalue weighted by Gasteiger charge is 2.52. The normalized spacial score (nSPS) is 38.1. The van der Waals surface area contributed by atoms with Crippen molar-refractivity contribution in [1.29, 1.82) is 0 Å². The van der Waals surface area contributed by atoms with Gasteiger partial charge in [-0.05, 0) is 6.07 Å². The fourth-order valence-electron chi connectivity index (χ4n) is 2.79. The Balaban J connectivity index is 1.93. The first-order chi connectivity index (χ1) is 11.4. The second kappa shape index (κ2) is 6.20. The molecule has 1 aromatic carbocycles. The maximum absolute atomic E-state index is 11.8. The molecule has 0 radical (unpaired) electrons. The minimum Gasteiger partial charge on any atom is -0.479 e. The van der Waals surface area contributed by atoms with Crippen molar-refractivity contribution in [2.24, 2.45) is 4.99 Å². The molecule has 5 N–H and O–H groups in total. The Hall–Kier alpha value is -1.88. The number of rotatable bonds is 4. The molecule has 1 aromatic rings. The summed E-state index contributed by atoms with van der Waals surface area (Å²) in [6, 6.07) is 6.41. The van der Waals surface area contributed by atoms with Crippen LogP contribution in [-0.4, -0.2) is 75.0 Å². The number of hydrogen-bond donors (Lipinski definition) is 5. The third-order valence-electron chi connectivity index (χ3n) is 4.16. The van der Waals surface area contributed by atoms with Crippen LogP contribution in [0.3, 0.4) is 0 Å². The summed E-state index contributed by atoms with van der Waals surface area (Å²) in [6.07, 6.45) is -6.65. The number of fused-ring (bicyclic) bond motifs is 1. The summed E-state index contributed by atoms with van der Waals surface area (Å²) < 4.78 is 10.7. The van der Waals surface area contributed by atoms with Crippen molar-refractivity contribution in [3.05, 3.63) is 29.8 Å². The molecule has 130 valence electrons. The smallest absolute Gasteiger partial charge is 0.346 e. The maximum atomic E-state index is 11.8. The molecule has 9 nitrogen and oxygen atoms in total. The molecule has 24 heavy (non-hydrogen) atoms. The number of aliphatic imine (C=N–C) groups is 1. The molecule has 2 heterocycles. The summed E-state index contributed by atoms with van der Waals surface area (Å²) in [6.45, 7) is -0.643. The van der Waals surface area contributed by atoms with E-state index >= 15 is 0 Å². The van der Waals surface area contributed by atoms with Crippen molar-refractivity contribution >= 4 is 17.9 Å². The first kappa shape index (κ1) is 17.0. The maximum Gasteiger partial charge on any atom is 0.346 e. The minimum absolute atomic E-state index is 0.245. The molecule has 2 unspecified atom stereocenters. The number of hydrogen-bond acceptors (Lipinski definition) is 8. The zero-order valence-corrected chi connectivity index (χ0v) is 12.4. The Morgan fingerprint density at radius 3 is 2.58 bits per heavy atom. The van der Waals surface area contributed by atoms with Crippen molar-refractivity contribution < 1.29 is 39.8 Å². The van der Waals surface area contributed by atoms with E-state index in [1.165, 1.54) is 6.07 Å². The fourth-order valence-corrected chi connectivity index (χ4v) is 2.79. The number of carboxylic acids is 1. The van der Waals surface area contributed by atoms with Crippen molar-refractivity contribution in [3.63, 3.8) is 0 Å². The van der Waals surface area contributed by atoms with E-state index in [0.29, 0.717) is 5.69 Å². The Morgan fingerprint density at radius 1 is 1.21 bits per heavy atom. The van der Waals surface area contributed by atoms with Gasteiger partial charge in [-0.15, -0.1) is 0 Å². The van der Waals surface area contributed by atoms with Crippen LogP contribution in [0.15, 0.2) is 29.3 Å². The Labute approximate surface area is 136 Å². The lowest BCUT2D eigenvalue weighted by Crippen LogP contribution is -2.61. The predicted molar refractivity (Wildman–Crippen MR) is 78.8 cm³/mol. The summed E-state index contributed by atoms with van der Waals surface area (Å²) in [4.78, 5) is 15.9.